The third-order valence-corrected chi connectivity index (χ3v) is 8.47. The lowest BCUT2D eigenvalue weighted by Crippen LogP contribution is -2.29. The number of aliphatic hydroxyl groups is 1. The zero-order valence-corrected chi connectivity index (χ0v) is 27.2. The van der Waals surface area contributed by atoms with Crippen molar-refractivity contribution in [2.75, 3.05) is 29.9 Å². The molecule has 1 aliphatic heterocycles. The second-order valence-corrected chi connectivity index (χ2v) is 12.1. The van der Waals surface area contributed by atoms with Gasteiger partial charge in [0, 0.05) is 67.4 Å². The van der Waals surface area contributed by atoms with E-state index >= 15 is 0 Å². The Kier molecular flexibility index (Phi) is 10.5. The van der Waals surface area contributed by atoms with Crippen molar-refractivity contribution in [2.45, 2.75) is 44.9 Å². The van der Waals surface area contributed by atoms with E-state index in [-0.39, 0.29) is 24.6 Å². The summed E-state index contributed by atoms with van der Waals surface area (Å²) in [5.74, 6) is -0.815. The van der Waals surface area contributed by atoms with Crippen LogP contribution < -0.4 is 15.5 Å². The number of rotatable bonds is 11. The molecule has 3 aromatic carbocycles. The van der Waals surface area contributed by atoms with Crippen LogP contribution in [0.25, 0.3) is 11.3 Å². The fourth-order valence-electron chi connectivity index (χ4n) is 5.90. The summed E-state index contributed by atoms with van der Waals surface area (Å²) in [7, 11) is 0. The summed E-state index contributed by atoms with van der Waals surface area (Å²) in [6.07, 6.45) is 2.48. The molecular formula is C37H36F3N7O3. The van der Waals surface area contributed by atoms with Crippen molar-refractivity contribution in [2.24, 2.45) is 0 Å². The summed E-state index contributed by atoms with van der Waals surface area (Å²) in [5, 5.41) is 23.0. The average molecular weight is 684 g/mol. The van der Waals surface area contributed by atoms with E-state index in [0.29, 0.717) is 46.7 Å². The van der Waals surface area contributed by atoms with E-state index in [0.717, 1.165) is 55.7 Å². The number of anilines is 2. The van der Waals surface area contributed by atoms with Gasteiger partial charge in [-0.2, -0.15) is 13.2 Å². The van der Waals surface area contributed by atoms with Gasteiger partial charge in [-0.25, -0.2) is 4.68 Å². The molecule has 1 aliphatic rings. The van der Waals surface area contributed by atoms with E-state index < -0.39 is 17.6 Å². The maximum atomic E-state index is 13.6. The normalized spacial score (nSPS) is 13.2. The molecular weight excluding hydrogens is 647 g/mol. The van der Waals surface area contributed by atoms with Gasteiger partial charge >= 0.3 is 6.18 Å². The number of benzene rings is 3. The third-order valence-electron chi connectivity index (χ3n) is 8.47. The highest BCUT2D eigenvalue weighted by Crippen LogP contribution is 2.33. The first-order chi connectivity index (χ1) is 24.2. The number of hydrogen-bond donors (Lipinski definition) is 3. The quantitative estimate of drug-likeness (QED) is 0.153. The van der Waals surface area contributed by atoms with Gasteiger partial charge in [0.15, 0.2) is 0 Å². The number of aliphatic hydroxyl groups excluding tert-OH is 1. The zero-order chi connectivity index (χ0) is 35.1. The lowest BCUT2D eigenvalue weighted by Gasteiger charge is -2.29. The minimum atomic E-state index is -4.48. The Hall–Kier alpha value is -5.56. The molecule has 0 atom stereocenters. The number of nitrogens with one attached hydrogen (secondary N) is 2. The van der Waals surface area contributed by atoms with Crippen molar-refractivity contribution in [1.29, 1.82) is 0 Å². The number of alkyl halides is 3. The van der Waals surface area contributed by atoms with Gasteiger partial charge in [0.2, 0.25) is 0 Å². The van der Waals surface area contributed by atoms with Crippen molar-refractivity contribution >= 4 is 23.2 Å². The molecule has 50 heavy (non-hydrogen) atoms. The van der Waals surface area contributed by atoms with Gasteiger partial charge in [-0.3, -0.25) is 14.6 Å². The number of carbonyl (C=O) groups is 2. The smallest absolute Gasteiger partial charge is 0.396 e. The molecule has 3 N–H and O–H groups in total. The van der Waals surface area contributed by atoms with Crippen LogP contribution in [0.4, 0.5) is 24.5 Å². The van der Waals surface area contributed by atoms with E-state index in [1.807, 2.05) is 24.3 Å². The fraction of sp³-hybridized carbons (Fsp3) is 0.270. The van der Waals surface area contributed by atoms with Gasteiger partial charge in [-0.1, -0.05) is 29.5 Å². The van der Waals surface area contributed by atoms with Crippen LogP contribution in [-0.2, 0) is 25.7 Å². The molecule has 0 radical (unpaired) electrons. The Bertz CT molecular complexity index is 1970. The van der Waals surface area contributed by atoms with E-state index in [1.165, 1.54) is 24.4 Å². The number of nitrogens with zero attached hydrogens (tertiary/aromatic N) is 5. The number of piperidine rings is 1. The first-order valence-corrected chi connectivity index (χ1v) is 16.4. The number of hydrogen-bond acceptors (Lipinski definition) is 7. The van der Waals surface area contributed by atoms with Crippen LogP contribution in [0, 0.1) is 0 Å². The van der Waals surface area contributed by atoms with Crippen LogP contribution >= 0.6 is 0 Å². The number of amides is 2. The molecule has 13 heteroatoms. The highest BCUT2D eigenvalue weighted by atomic mass is 19.4. The lowest BCUT2D eigenvalue weighted by atomic mass is 10.0. The van der Waals surface area contributed by atoms with Crippen LogP contribution in [0.15, 0.2) is 91.3 Å². The highest BCUT2D eigenvalue weighted by molar-refractivity contribution is 6.06. The van der Waals surface area contributed by atoms with Crippen LogP contribution in [0.5, 0.6) is 0 Å². The molecule has 10 nitrogen and oxygen atoms in total. The molecule has 2 amide bonds. The predicted molar refractivity (Wildman–Crippen MR) is 183 cm³/mol. The van der Waals surface area contributed by atoms with Gasteiger partial charge in [0.05, 0.1) is 29.2 Å². The number of carbonyl (C=O) groups excluding carboxylic acids is 2. The van der Waals surface area contributed by atoms with E-state index in [9.17, 15) is 22.8 Å². The lowest BCUT2D eigenvalue weighted by molar-refractivity contribution is -0.137. The Morgan fingerprint density at radius 1 is 0.860 bits per heavy atom. The Balaban J connectivity index is 1.24. The van der Waals surface area contributed by atoms with Gasteiger partial charge in [0.1, 0.15) is 0 Å². The summed E-state index contributed by atoms with van der Waals surface area (Å²) in [6, 6.07) is 20.9. The largest absolute Gasteiger partial charge is 0.416 e. The Morgan fingerprint density at radius 2 is 1.64 bits per heavy atom. The number of pyridine rings is 1. The van der Waals surface area contributed by atoms with Crippen molar-refractivity contribution in [3.05, 3.63) is 125 Å². The Labute approximate surface area is 287 Å². The second kappa shape index (κ2) is 15.3. The summed E-state index contributed by atoms with van der Waals surface area (Å²) in [6.45, 7) is 2.08. The van der Waals surface area contributed by atoms with E-state index in [2.05, 4.69) is 30.8 Å². The van der Waals surface area contributed by atoms with Crippen molar-refractivity contribution in [3.63, 3.8) is 0 Å². The third kappa shape index (κ3) is 8.53. The molecule has 0 spiro atoms. The molecule has 1 saturated heterocycles. The monoisotopic (exact) mass is 683 g/mol. The summed E-state index contributed by atoms with van der Waals surface area (Å²) in [5.41, 5.74) is 4.28. The van der Waals surface area contributed by atoms with E-state index in [4.69, 9.17) is 5.11 Å². The van der Waals surface area contributed by atoms with Gasteiger partial charge in [0.25, 0.3) is 11.8 Å². The Morgan fingerprint density at radius 3 is 2.44 bits per heavy atom. The SMILES string of the molecule is O=C(NCc1cccc(C(F)(F)F)c1)c1ccnc(-c2cc(N3CCCCC3)ccc2NC(=O)c2cccc(Cn3cc(CCO)nn3)c2)c1. The summed E-state index contributed by atoms with van der Waals surface area (Å²) < 4.78 is 41.2. The van der Waals surface area contributed by atoms with Gasteiger partial charge in [-0.15, -0.1) is 5.10 Å². The van der Waals surface area contributed by atoms with Crippen LogP contribution in [0.2, 0.25) is 0 Å². The minimum absolute atomic E-state index is 0.0222. The molecule has 0 aliphatic carbocycles. The molecule has 0 saturated carbocycles. The molecule has 3 heterocycles. The highest BCUT2D eigenvalue weighted by Gasteiger charge is 2.30. The standard InChI is InChI=1S/C37H36F3N7O3/c38-37(39,40)29-9-5-6-25(19-29)22-42-35(49)28-12-14-41-34(20-28)32-21-31(46-15-2-1-3-16-46)10-11-33(32)43-36(50)27-8-4-7-26(18-27)23-47-24-30(13-17-48)44-45-47/h4-12,14,18-21,24,48H,1-3,13,15-17,22-23H2,(H,42,49)(H,43,50). The minimum Gasteiger partial charge on any atom is -0.396 e. The molecule has 0 unspecified atom stereocenters. The molecule has 0 bridgehead atoms. The van der Waals surface area contributed by atoms with Crippen molar-refractivity contribution in [3.8, 4) is 11.3 Å². The molecule has 6 rings (SSSR count). The second-order valence-electron chi connectivity index (χ2n) is 12.1. The molecule has 5 aromatic rings. The number of aromatic nitrogens is 4. The molecule has 2 aromatic heterocycles. The predicted octanol–water partition coefficient (Wildman–Crippen LogP) is 6.11. The molecule has 1 fully saturated rings. The summed E-state index contributed by atoms with van der Waals surface area (Å²) in [4.78, 5) is 33.6. The topological polar surface area (TPSA) is 125 Å². The zero-order valence-electron chi connectivity index (χ0n) is 27.2. The van der Waals surface area contributed by atoms with Crippen molar-refractivity contribution in [1.82, 2.24) is 25.3 Å². The van der Waals surface area contributed by atoms with E-state index in [1.54, 1.807) is 35.1 Å². The van der Waals surface area contributed by atoms with Gasteiger partial charge in [-0.05, 0) is 85.0 Å². The maximum absolute atomic E-state index is 13.6. The average Bonchev–Trinajstić information content (AvgIpc) is 3.57. The van der Waals surface area contributed by atoms with Crippen LogP contribution in [0.3, 0.4) is 0 Å². The number of halogens is 3. The first kappa shape index (κ1) is 34.3. The van der Waals surface area contributed by atoms with Gasteiger partial charge < -0.3 is 20.6 Å². The molecule has 258 valence electrons. The summed E-state index contributed by atoms with van der Waals surface area (Å²) >= 11 is 0. The van der Waals surface area contributed by atoms with Crippen LogP contribution in [0.1, 0.15) is 62.4 Å². The van der Waals surface area contributed by atoms with Crippen LogP contribution in [-0.4, -0.2) is 56.6 Å². The maximum Gasteiger partial charge on any atom is 0.416 e. The fourth-order valence-corrected chi connectivity index (χ4v) is 5.90. The first-order valence-electron chi connectivity index (χ1n) is 16.4. The van der Waals surface area contributed by atoms with Crippen molar-refractivity contribution < 1.29 is 27.9 Å².